The third-order valence-corrected chi connectivity index (χ3v) is 7.14. The molecule has 0 N–H and O–H groups in total. The Kier molecular flexibility index (Phi) is 10.9. The molecule has 7 nitrogen and oxygen atoms in total. The van der Waals surface area contributed by atoms with Gasteiger partial charge in [-0.1, -0.05) is 103 Å². The average molecular weight is 520 g/mol. The lowest BCUT2D eigenvalue weighted by atomic mass is 9.98. The maximum absolute atomic E-state index is 9.04. The van der Waals surface area contributed by atoms with Gasteiger partial charge in [-0.25, -0.2) is 0 Å². The Balaban J connectivity index is 1.62. The van der Waals surface area contributed by atoms with Crippen LogP contribution >= 0.6 is 11.8 Å². The van der Waals surface area contributed by atoms with Crippen LogP contribution in [0.1, 0.15) is 23.6 Å². The van der Waals surface area contributed by atoms with Gasteiger partial charge in [0.05, 0.1) is 32.5 Å². The van der Waals surface area contributed by atoms with E-state index in [4.69, 9.17) is 24.5 Å². The lowest BCUT2D eigenvalue weighted by Gasteiger charge is -2.45. The number of hydrogen-bond acceptors (Lipinski definition) is 6. The van der Waals surface area contributed by atoms with Gasteiger partial charge in [-0.15, -0.1) is 11.8 Å². The van der Waals surface area contributed by atoms with Crippen molar-refractivity contribution in [2.24, 2.45) is 5.11 Å². The summed E-state index contributed by atoms with van der Waals surface area (Å²) in [6.07, 6.45) is -1.80. The van der Waals surface area contributed by atoms with Crippen molar-refractivity contribution in [1.29, 1.82) is 0 Å². The first kappa shape index (κ1) is 27.2. The predicted octanol–water partition coefficient (Wildman–Crippen LogP) is 6.53. The van der Waals surface area contributed by atoms with Crippen LogP contribution in [0.15, 0.2) is 96.1 Å². The Bertz CT molecular complexity index is 1100. The molecule has 0 amide bonds. The van der Waals surface area contributed by atoms with Gasteiger partial charge in [-0.2, -0.15) is 0 Å². The maximum atomic E-state index is 9.04. The number of hydrogen-bond donors (Lipinski definition) is 0. The monoisotopic (exact) mass is 519 g/mol. The molecule has 0 radical (unpaired) electrons. The van der Waals surface area contributed by atoms with Crippen LogP contribution in [-0.2, 0) is 38.8 Å². The van der Waals surface area contributed by atoms with E-state index in [-0.39, 0.29) is 12.0 Å². The summed E-state index contributed by atoms with van der Waals surface area (Å²) in [5.41, 5.74) is 11.9. The van der Waals surface area contributed by atoms with E-state index in [0.29, 0.717) is 19.8 Å². The fourth-order valence-corrected chi connectivity index (χ4v) is 5.28. The van der Waals surface area contributed by atoms with E-state index in [1.165, 1.54) is 0 Å². The third-order valence-electron chi connectivity index (χ3n) is 6.10. The van der Waals surface area contributed by atoms with Gasteiger partial charge >= 0.3 is 0 Å². The van der Waals surface area contributed by atoms with Crippen molar-refractivity contribution in [3.05, 3.63) is 118 Å². The summed E-state index contributed by atoms with van der Waals surface area (Å²) < 4.78 is 26.0. The highest BCUT2D eigenvalue weighted by molar-refractivity contribution is 7.99. The Morgan fingerprint density at radius 1 is 0.730 bits per heavy atom. The minimum Gasteiger partial charge on any atom is -0.368 e. The molecule has 4 rings (SSSR count). The van der Waals surface area contributed by atoms with Crippen LogP contribution in [0.3, 0.4) is 0 Å². The topological polar surface area (TPSA) is 85.7 Å². The van der Waals surface area contributed by atoms with Crippen LogP contribution in [0, 0.1) is 0 Å². The van der Waals surface area contributed by atoms with E-state index < -0.39 is 24.4 Å². The van der Waals surface area contributed by atoms with E-state index in [1.807, 2.05) is 91.0 Å². The van der Waals surface area contributed by atoms with Crippen molar-refractivity contribution < 1.29 is 18.9 Å². The first-order valence-electron chi connectivity index (χ1n) is 12.5. The standard InChI is InChI=1S/C29H33N3O4S/c1-2-37-29-28(35-21-24-16-10-5-11-17-24)27(34-20-23-14-8-4-9-15-23)26(25(36-29)18-31-32-30)33-19-22-12-6-3-7-13-22/h3-17,25-29H,2,18-21H2,1H3/t25?,26-,27-,28?,29-/m1/s1. The molecule has 5 atom stereocenters. The fourth-order valence-electron chi connectivity index (χ4n) is 4.31. The van der Waals surface area contributed by atoms with Crippen molar-refractivity contribution in [1.82, 2.24) is 0 Å². The second-order valence-corrected chi connectivity index (χ2v) is 10.1. The Morgan fingerprint density at radius 3 is 1.65 bits per heavy atom. The second-order valence-electron chi connectivity index (χ2n) is 8.70. The maximum Gasteiger partial charge on any atom is 0.132 e. The smallest absolute Gasteiger partial charge is 0.132 e. The zero-order chi connectivity index (χ0) is 25.7. The highest BCUT2D eigenvalue weighted by Crippen LogP contribution is 2.35. The normalized spacial score (nSPS) is 23.3. The van der Waals surface area contributed by atoms with Gasteiger partial charge in [0, 0.05) is 4.91 Å². The van der Waals surface area contributed by atoms with Crippen molar-refractivity contribution in [2.75, 3.05) is 12.3 Å². The van der Waals surface area contributed by atoms with Crippen LogP contribution < -0.4 is 0 Å². The highest BCUT2D eigenvalue weighted by Gasteiger charge is 2.48. The van der Waals surface area contributed by atoms with E-state index in [0.717, 1.165) is 22.4 Å². The summed E-state index contributed by atoms with van der Waals surface area (Å²) in [5.74, 6) is 0.838. The average Bonchev–Trinajstić information content (AvgIpc) is 2.95. The zero-order valence-corrected chi connectivity index (χ0v) is 21.8. The number of azide groups is 1. The number of ether oxygens (including phenoxy) is 4. The molecule has 8 heteroatoms. The lowest BCUT2D eigenvalue weighted by Crippen LogP contribution is -2.60. The molecule has 2 unspecified atom stereocenters. The summed E-state index contributed by atoms with van der Waals surface area (Å²) in [6, 6.07) is 30.1. The van der Waals surface area contributed by atoms with Gasteiger partial charge in [0.25, 0.3) is 0 Å². The van der Waals surface area contributed by atoms with Gasteiger partial charge < -0.3 is 18.9 Å². The highest BCUT2D eigenvalue weighted by atomic mass is 32.2. The second kappa shape index (κ2) is 14.8. The van der Waals surface area contributed by atoms with Crippen molar-refractivity contribution >= 4 is 11.8 Å². The Morgan fingerprint density at radius 2 is 1.19 bits per heavy atom. The van der Waals surface area contributed by atoms with E-state index in [1.54, 1.807) is 11.8 Å². The molecule has 1 aliphatic heterocycles. The molecule has 1 heterocycles. The summed E-state index contributed by atoms with van der Waals surface area (Å²) in [4.78, 5) is 2.98. The molecule has 194 valence electrons. The van der Waals surface area contributed by atoms with Gasteiger partial charge in [0.15, 0.2) is 0 Å². The molecule has 1 aliphatic rings. The molecular formula is C29H33N3O4S. The van der Waals surface area contributed by atoms with Crippen molar-refractivity contribution in [2.45, 2.75) is 56.6 Å². The van der Waals surface area contributed by atoms with E-state index >= 15 is 0 Å². The minimum absolute atomic E-state index is 0.146. The molecule has 1 fully saturated rings. The summed E-state index contributed by atoms with van der Waals surface area (Å²) >= 11 is 1.66. The Labute approximate surface area is 222 Å². The van der Waals surface area contributed by atoms with Crippen LogP contribution in [0.5, 0.6) is 0 Å². The number of rotatable bonds is 13. The largest absolute Gasteiger partial charge is 0.368 e. The van der Waals surface area contributed by atoms with Crippen LogP contribution in [0.25, 0.3) is 10.4 Å². The summed E-state index contributed by atoms with van der Waals surface area (Å²) in [6.45, 7) is 3.44. The molecule has 3 aromatic rings. The van der Waals surface area contributed by atoms with Crippen LogP contribution in [0.2, 0.25) is 0 Å². The summed E-state index contributed by atoms with van der Waals surface area (Å²) in [5, 5.41) is 3.84. The molecule has 0 aromatic heterocycles. The van der Waals surface area contributed by atoms with Gasteiger partial charge in [0.2, 0.25) is 0 Å². The molecular weight excluding hydrogens is 486 g/mol. The number of thioether (sulfide) groups is 1. The third kappa shape index (κ3) is 8.07. The lowest BCUT2D eigenvalue weighted by molar-refractivity contribution is -0.244. The molecule has 0 spiro atoms. The zero-order valence-electron chi connectivity index (χ0n) is 21.0. The first-order chi connectivity index (χ1) is 18.3. The SMILES string of the molecule is CCS[C@H]1OC(CN=[N+]=[N-])[C@@H](OCc2ccccc2)[C@@H](OCc2ccccc2)C1OCc1ccccc1. The predicted molar refractivity (Wildman–Crippen MR) is 146 cm³/mol. The molecule has 0 saturated carbocycles. The van der Waals surface area contributed by atoms with Crippen LogP contribution in [0.4, 0.5) is 0 Å². The molecule has 1 saturated heterocycles. The number of nitrogens with zero attached hydrogens (tertiary/aromatic N) is 3. The fraction of sp³-hybridized carbons (Fsp3) is 0.379. The van der Waals surface area contributed by atoms with Crippen molar-refractivity contribution in [3.63, 3.8) is 0 Å². The van der Waals surface area contributed by atoms with E-state index in [2.05, 4.69) is 16.9 Å². The van der Waals surface area contributed by atoms with Gasteiger partial charge in [-0.05, 0) is 28.0 Å². The molecule has 0 bridgehead atoms. The molecule has 0 aliphatic carbocycles. The van der Waals surface area contributed by atoms with Crippen LogP contribution in [-0.4, -0.2) is 42.1 Å². The summed E-state index contributed by atoms with van der Waals surface area (Å²) in [7, 11) is 0. The van der Waals surface area contributed by atoms with Gasteiger partial charge in [0.1, 0.15) is 23.7 Å². The Hall–Kier alpha value is -2.84. The van der Waals surface area contributed by atoms with Crippen molar-refractivity contribution in [3.8, 4) is 0 Å². The van der Waals surface area contributed by atoms with E-state index in [9.17, 15) is 0 Å². The first-order valence-corrected chi connectivity index (χ1v) is 13.6. The number of benzene rings is 3. The molecule has 37 heavy (non-hydrogen) atoms. The minimum atomic E-state index is -0.496. The molecule has 3 aromatic carbocycles. The van der Waals surface area contributed by atoms with Gasteiger partial charge in [-0.3, -0.25) is 0 Å². The quantitative estimate of drug-likeness (QED) is 0.146.